The van der Waals surface area contributed by atoms with Gasteiger partial charge in [-0.2, -0.15) is 0 Å². The second-order valence-electron chi connectivity index (χ2n) is 7.36. The Bertz CT molecular complexity index is 1020. The van der Waals surface area contributed by atoms with Crippen molar-refractivity contribution in [1.29, 1.82) is 0 Å². The fourth-order valence-electron chi connectivity index (χ4n) is 3.44. The highest BCUT2D eigenvalue weighted by atomic mass is 31.2. The van der Waals surface area contributed by atoms with Gasteiger partial charge in [0.25, 0.3) is 5.69 Å². The second kappa shape index (κ2) is 11.6. The minimum atomic E-state index is -4.66. The number of benzene rings is 2. The maximum atomic E-state index is 11.7. The minimum Gasteiger partial charge on any atom is -0.493 e. The molecule has 0 aliphatic carbocycles. The van der Waals surface area contributed by atoms with Gasteiger partial charge in [0.15, 0.2) is 11.5 Å². The number of rotatable bonds is 12. The summed E-state index contributed by atoms with van der Waals surface area (Å²) in [4.78, 5) is 40.3. The average molecular weight is 482 g/mol. The maximum Gasteiger partial charge on any atom is 0.524 e. The molecule has 11 nitrogen and oxygen atoms in total. The van der Waals surface area contributed by atoms with Gasteiger partial charge in [-0.25, -0.2) is 4.57 Å². The summed E-state index contributed by atoms with van der Waals surface area (Å²) in [7, 11) is -1.81. The normalized spacial score (nSPS) is 12.0. The summed E-state index contributed by atoms with van der Waals surface area (Å²) in [6.45, 7) is 1.80. The number of hydrogen-bond acceptors (Lipinski definition) is 7. The number of nitrogens with zero attached hydrogens (tertiary/aromatic N) is 1. The molecule has 12 heteroatoms. The SMILES string of the molecule is COc1cc(CC(CCNC(C)=O)Cc2ccc(OP(=O)(O)O)cc2)c([N+](=O)[O-])cc1OC. The van der Waals surface area contributed by atoms with Crippen LogP contribution in [0.3, 0.4) is 0 Å². The van der Waals surface area contributed by atoms with Crippen LogP contribution >= 0.6 is 7.82 Å². The molecule has 3 N–H and O–H groups in total. The van der Waals surface area contributed by atoms with Crippen molar-refractivity contribution in [3.63, 3.8) is 0 Å². The number of hydrogen-bond donors (Lipinski definition) is 3. The quantitative estimate of drug-likeness (QED) is 0.235. The number of methoxy groups -OCH3 is 2. The zero-order valence-corrected chi connectivity index (χ0v) is 19.4. The zero-order valence-electron chi connectivity index (χ0n) is 18.5. The van der Waals surface area contributed by atoms with E-state index in [2.05, 4.69) is 9.84 Å². The molecule has 0 saturated carbocycles. The second-order valence-corrected chi connectivity index (χ2v) is 8.53. The molecule has 2 aromatic carbocycles. The van der Waals surface area contributed by atoms with Crippen molar-refractivity contribution in [2.75, 3.05) is 20.8 Å². The Labute approximate surface area is 191 Å². The van der Waals surface area contributed by atoms with Gasteiger partial charge in [0.1, 0.15) is 5.75 Å². The van der Waals surface area contributed by atoms with E-state index in [0.29, 0.717) is 37.1 Å². The van der Waals surface area contributed by atoms with Crippen LogP contribution in [0.5, 0.6) is 17.2 Å². The van der Waals surface area contributed by atoms with Crippen LogP contribution in [-0.4, -0.2) is 41.4 Å². The Hall–Kier alpha value is -3.14. The topological polar surface area (TPSA) is 157 Å². The number of carbonyl (C=O) groups excluding carboxylic acids is 1. The fourth-order valence-corrected chi connectivity index (χ4v) is 3.84. The largest absolute Gasteiger partial charge is 0.524 e. The Morgan fingerprint density at radius 3 is 2.24 bits per heavy atom. The molecule has 0 bridgehead atoms. The number of phosphoric acid groups is 1. The summed E-state index contributed by atoms with van der Waals surface area (Å²) in [6.07, 6.45) is 1.38. The van der Waals surface area contributed by atoms with E-state index in [4.69, 9.17) is 19.3 Å². The predicted molar refractivity (Wildman–Crippen MR) is 120 cm³/mol. The first-order valence-corrected chi connectivity index (χ1v) is 11.5. The molecule has 2 rings (SSSR count). The summed E-state index contributed by atoms with van der Waals surface area (Å²) in [5.74, 6) is 0.380. The van der Waals surface area contributed by atoms with Gasteiger partial charge in [-0.3, -0.25) is 24.7 Å². The van der Waals surface area contributed by atoms with Crippen LogP contribution in [0, 0.1) is 16.0 Å². The molecule has 0 aliphatic heterocycles. The molecule has 0 aliphatic rings. The average Bonchev–Trinajstić information content (AvgIpc) is 2.73. The van der Waals surface area contributed by atoms with Gasteiger partial charge in [0, 0.05) is 19.0 Å². The van der Waals surface area contributed by atoms with Crippen LogP contribution in [0.4, 0.5) is 5.69 Å². The molecule has 0 aromatic heterocycles. The van der Waals surface area contributed by atoms with Crippen molar-refractivity contribution in [3.05, 3.63) is 57.6 Å². The van der Waals surface area contributed by atoms with E-state index in [1.54, 1.807) is 18.2 Å². The van der Waals surface area contributed by atoms with Crippen molar-refractivity contribution < 1.29 is 38.1 Å². The molecular formula is C21H27N2O9P. The molecule has 1 atom stereocenters. The van der Waals surface area contributed by atoms with Crippen molar-refractivity contribution >= 4 is 19.4 Å². The molecule has 0 spiro atoms. The van der Waals surface area contributed by atoms with Gasteiger partial charge in [-0.05, 0) is 48.9 Å². The molecule has 1 unspecified atom stereocenters. The first kappa shape index (κ1) is 26.1. The maximum absolute atomic E-state index is 11.7. The summed E-state index contributed by atoms with van der Waals surface area (Å²) in [5, 5.41) is 14.4. The van der Waals surface area contributed by atoms with Crippen molar-refractivity contribution in [3.8, 4) is 17.2 Å². The molecule has 2 aromatic rings. The van der Waals surface area contributed by atoms with Gasteiger partial charge >= 0.3 is 7.82 Å². The molecule has 1 amide bonds. The summed E-state index contributed by atoms with van der Waals surface area (Å²) in [6, 6.07) is 9.13. The number of nitrogens with one attached hydrogen (secondary N) is 1. The number of carbonyl (C=O) groups is 1. The number of nitro groups is 1. The highest BCUT2D eigenvalue weighted by Gasteiger charge is 2.23. The molecule has 0 saturated heterocycles. The lowest BCUT2D eigenvalue weighted by molar-refractivity contribution is -0.385. The van der Waals surface area contributed by atoms with Gasteiger partial charge < -0.3 is 19.3 Å². The zero-order chi connectivity index (χ0) is 24.6. The number of phosphoric ester groups is 1. The van der Waals surface area contributed by atoms with Gasteiger partial charge in [-0.15, -0.1) is 0 Å². The van der Waals surface area contributed by atoms with E-state index >= 15 is 0 Å². The van der Waals surface area contributed by atoms with Gasteiger partial charge in [0.05, 0.1) is 25.2 Å². The molecule has 0 radical (unpaired) electrons. The number of ether oxygens (including phenoxy) is 2. The van der Waals surface area contributed by atoms with Crippen molar-refractivity contribution in [1.82, 2.24) is 5.32 Å². The third kappa shape index (κ3) is 8.38. The molecule has 33 heavy (non-hydrogen) atoms. The van der Waals surface area contributed by atoms with Crippen molar-refractivity contribution in [2.45, 2.75) is 26.2 Å². The molecule has 180 valence electrons. The van der Waals surface area contributed by atoms with E-state index in [0.717, 1.165) is 5.56 Å². The minimum absolute atomic E-state index is 0.0254. The van der Waals surface area contributed by atoms with E-state index < -0.39 is 12.7 Å². The lowest BCUT2D eigenvalue weighted by atomic mass is 9.89. The lowest BCUT2D eigenvalue weighted by Gasteiger charge is -2.19. The van der Waals surface area contributed by atoms with Gasteiger partial charge in [-0.1, -0.05) is 12.1 Å². The Kier molecular flexibility index (Phi) is 9.22. The Balaban J connectivity index is 2.29. The summed E-state index contributed by atoms with van der Waals surface area (Å²) < 4.78 is 26.0. The van der Waals surface area contributed by atoms with E-state index in [9.17, 15) is 19.5 Å². The first-order chi connectivity index (χ1) is 15.5. The number of amides is 1. The Morgan fingerprint density at radius 2 is 1.73 bits per heavy atom. The van der Waals surface area contributed by atoms with Crippen LogP contribution in [-0.2, 0) is 22.2 Å². The van der Waals surface area contributed by atoms with Crippen LogP contribution in [0.15, 0.2) is 36.4 Å². The van der Waals surface area contributed by atoms with Crippen LogP contribution in [0.25, 0.3) is 0 Å². The summed E-state index contributed by atoms with van der Waals surface area (Å²) in [5.41, 5.74) is 1.21. The van der Waals surface area contributed by atoms with Crippen LogP contribution in [0.2, 0.25) is 0 Å². The fraction of sp³-hybridized carbons (Fsp3) is 0.381. The number of nitro benzene ring substituents is 1. The highest BCUT2D eigenvalue weighted by molar-refractivity contribution is 7.46. The monoisotopic (exact) mass is 482 g/mol. The standard InChI is InChI=1S/C21H27N2O9P/c1-14(24)22-9-8-16(10-15-4-6-18(7-5-15)32-33(27,28)29)11-17-12-20(30-2)21(31-3)13-19(17)23(25)26/h4-7,12-13,16H,8-11H2,1-3H3,(H,22,24)(H2,27,28,29). The third-order valence-electron chi connectivity index (χ3n) is 4.89. The van der Waals surface area contributed by atoms with Gasteiger partial charge in [0.2, 0.25) is 5.91 Å². The molecule has 0 heterocycles. The smallest absolute Gasteiger partial charge is 0.493 e. The van der Waals surface area contributed by atoms with Crippen LogP contribution < -0.4 is 19.3 Å². The van der Waals surface area contributed by atoms with E-state index in [1.807, 2.05) is 0 Å². The Morgan fingerprint density at radius 1 is 1.12 bits per heavy atom. The molecular weight excluding hydrogens is 455 g/mol. The molecule has 0 fully saturated rings. The lowest BCUT2D eigenvalue weighted by Crippen LogP contribution is -2.24. The van der Waals surface area contributed by atoms with Crippen molar-refractivity contribution in [2.24, 2.45) is 5.92 Å². The van der Waals surface area contributed by atoms with Crippen LogP contribution in [0.1, 0.15) is 24.5 Å². The third-order valence-corrected chi connectivity index (χ3v) is 5.34. The predicted octanol–water partition coefficient (Wildman–Crippen LogP) is 3.01. The van der Waals surface area contributed by atoms with E-state index in [-0.39, 0.29) is 29.0 Å². The highest BCUT2D eigenvalue weighted by Crippen LogP contribution is 2.38. The summed E-state index contributed by atoms with van der Waals surface area (Å²) >= 11 is 0. The first-order valence-electron chi connectivity index (χ1n) is 10.00. The van der Waals surface area contributed by atoms with E-state index in [1.165, 1.54) is 39.3 Å².